The third-order valence-corrected chi connectivity index (χ3v) is 3.91. The summed E-state index contributed by atoms with van der Waals surface area (Å²) in [7, 11) is 0. The lowest BCUT2D eigenvalue weighted by atomic mass is 10.2. The van der Waals surface area contributed by atoms with Gasteiger partial charge in [0.2, 0.25) is 0 Å². The van der Waals surface area contributed by atoms with Crippen molar-refractivity contribution in [1.29, 1.82) is 0 Å². The highest BCUT2D eigenvalue weighted by atomic mass is 32.2. The zero-order valence-corrected chi connectivity index (χ0v) is 11.4. The van der Waals surface area contributed by atoms with Gasteiger partial charge < -0.3 is 5.73 Å². The molecule has 0 spiro atoms. The van der Waals surface area contributed by atoms with E-state index in [1.807, 2.05) is 12.1 Å². The molecule has 0 fully saturated rings. The Hall–Kier alpha value is -1.48. The first kappa shape index (κ1) is 13.0. The SMILES string of the molecule is Cc1cccc(CSc2cc(C)c(F)cc2N)c1. The van der Waals surface area contributed by atoms with Crippen LogP contribution in [-0.4, -0.2) is 0 Å². The molecular formula is C15H16FNS. The summed E-state index contributed by atoms with van der Waals surface area (Å²) < 4.78 is 13.3. The molecule has 2 rings (SSSR count). The van der Waals surface area contributed by atoms with Gasteiger partial charge in [0.05, 0.1) is 0 Å². The summed E-state index contributed by atoms with van der Waals surface area (Å²) in [5.41, 5.74) is 9.47. The number of thioether (sulfide) groups is 1. The van der Waals surface area contributed by atoms with Crippen molar-refractivity contribution < 1.29 is 4.39 Å². The lowest BCUT2D eigenvalue weighted by Gasteiger charge is -2.08. The fraction of sp³-hybridized carbons (Fsp3) is 0.200. The number of benzene rings is 2. The van der Waals surface area contributed by atoms with Gasteiger partial charge in [0.25, 0.3) is 0 Å². The van der Waals surface area contributed by atoms with Crippen LogP contribution in [0.5, 0.6) is 0 Å². The van der Waals surface area contributed by atoms with Crippen LogP contribution in [-0.2, 0) is 5.75 Å². The van der Waals surface area contributed by atoms with Crippen molar-refractivity contribution >= 4 is 17.4 Å². The molecular weight excluding hydrogens is 245 g/mol. The Balaban J connectivity index is 2.13. The Kier molecular flexibility index (Phi) is 3.92. The summed E-state index contributed by atoms with van der Waals surface area (Å²) in [5.74, 6) is 0.601. The van der Waals surface area contributed by atoms with E-state index in [1.54, 1.807) is 18.7 Å². The molecule has 0 radical (unpaired) electrons. The van der Waals surface area contributed by atoms with Gasteiger partial charge in [-0.15, -0.1) is 11.8 Å². The van der Waals surface area contributed by atoms with Gasteiger partial charge in [-0.05, 0) is 37.1 Å². The first-order valence-electron chi connectivity index (χ1n) is 5.80. The first-order chi connectivity index (χ1) is 8.56. The predicted molar refractivity (Wildman–Crippen MR) is 76.3 cm³/mol. The van der Waals surface area contributed by atoms with Crippen molar-refractivity contribution in [1.82, 2.24) is 0 Å². The van der Waals surface area contributed by atoms with Crippen LogP contribution in [0.1, 0.15) is 16.7 Å². The maximum absolute atomic E-state index is 13.3. The van der Waals surface area contributed by atoms with Crippen molar-refractivity contribution in [3.8, 4) is 0 Å². The van der Waals surface area contributed by atoms with Gasteiger partial charge in [-0.25, -0.2) is 4.39 Å². The van der Waals surface area contributed by atoms with Crippen LogP contribution in [0, 0.1) is 19.7 Å². The van der Waals surface area contributed by atoms with Gasteiger partial charge in [-0.2, -0.15) is 0 Å². The number of hydrogen-bond acceptors (Lipinski definition) is 2. The van der Waals surface area contributed by atoms with Gasteiger partial charge in [-0.3, -0.25) is 0 Å². The van der Waals surface area contributed by atoms with E-state index in [0.29, 0.717) is 11.3 Å². The van der Waals surface area contributed by atoms with Crippen LogP contribution < -0.4 is 5.73 Å². The van der Waals surface area contributed by atoms with Crippen molar-refractivity contribution in [2.45, 2.75) is 24.5 Å². The number of hydrogen-bond donors (Lipinski definition) is 1. The number of anilines is 1. The minimum atomic E-state index is -0.243. The molecule has 0 bridgehead atoms. The zero-order valence-electron chi connectivity index (χ0n) is 10.5. The number of nitrogen functional groups attached to an aromatic ring is 1. The predicted octanol–water partition coefficient (Wildman–Crippen LogP) is 4.32. The quantitative estimate of drug-likeness (QED) is 0.658. The average Bonchev–Trinajstić information content (AvgIpc) is 2.32. The Labute approximate surface area is 111 Å². The van der Waals surface area contributed by atoms with Crippen LogP contribution >= 0.6 is 11.8 Å². The van der Waals surface area contributed by atoms with Crippen LogP contribution in [0.15, 0.2) is 41.3 Å². The van der Waals surface area contributed by atoms with Crippen LogP contribution in [0.4, 0.5) is 10.1 Å². The molecule has 0 amide bonds. The van der Waals surface area contributed by atoms with E-state index >= 15 is 0 Å². The Morgan fingerprint density at radius 2 is 1.94 bits per heavy atom. The van der Waals surface area contributed by atoms with Gasteiger partial charge in [-0.1, -0.05) is 29.8 Å². The van der Waals surface area contributed by atoms with E-state index in [0.717, 1.165) is 10.6 Å². The summed E-state index contributed by atoms with van der Waals surface area (Å²) in [6, 6.07) is 11.6. The van der Waals surface area contributed by atoms with E-state index in [2.05, 4.69) is 25.1 Å². The second kappa shape index (κ2) is 5.44. The molecule has 1 nitrogen and oxygen atoms in total. The first-order valence-corrected chi connectivity index (χ1v) is 6.79. The molecule has 0 atom stereocenters. The van der Waals surface area contributed by atoms with Crippen molar-refractivity contribution in [3.63, 3.8) is 0 Å². The molecule has 2 N–H and O–H groups in total. The van der Waals surface area contributed by atoms with Gasteiger partial charge in [0.15, 0.2) is 0 Å². The van der Waals surface area contributed by atoms with E-state index in [-0.39, 0.29) is 5.82 Å². The average molecular weight is 261 g/mol. The van der Waals surface area contributed by atoms with Gasteiger partial charge in [0.1, 0.15) is 5.82 Å². The summed E-state index contributed by atoms with van der Waals surface area (Å²) in [4.78, 5) is 0.940. The molecule has 0 aliphatic carbocycles. The fourth-order valence-corrected chi connectivity index (χ4v) is 2.75. The summed E-state index contributed by atoms with van der Waals surface area (Å²) in [6.07, 6.45) is 0. The standard InChI is InChI=1S/C15H16FNS/c1-10-4-3-5-12(6-10)9-18-15-7-11(2)13(16)8-14(15)17/h3-8H,9,17H2,1-2H3. The third kappa shape index (κ3) is 3.05. The van der Waals surface area contributed by atoms with Crippen molar-refractivity contribution in [2.75, 3.05) is 5.73 Å². The second-order valence-corrected chi connectivity index (χ2v) is 5.43. The fourth-order valence-electron chi connectivity index (χ4n) is 1.76. The topological polar surface area (TPSA) is 26.0 Å². The number of halogens is 1. The van der Waals surface area contributed by atoms with Crippen molar-refractivity contribution in [2.24, 2.45) is 0 Å². The zero-order chi connectivity index (χ0) is 13.1. The maximum atomic E-state index is 13.3. The smallest absolute Gasteiger partial charge is 0.128 e. The molecule has 2 aromatic carbocycles. The summed E-state index contributed by atoms with van der Waals surface area (Å²) in [6.45, 7) is 3.83. The van der Waals surface area contributed by atoms with Crippen molar-refractivity contribution in [3.05, 3.63) is 58.9 Å². The Bertz CT molecular complexity index is 566. The van der Waals surface area contributed by atoms with Crippen LogP contribution in [0.2, 0.25) is 0 Å². The lowest BCUT2D eigenvalue weighted by Crippen LogP contribution is -1.93. The Morgan fingerprint density at radius 3 is 2.67 bits per heavy atom. The molecule has 0 aromatic heterocycles. The monoisotopic (exact) mass is 261 g/mol. The lowest BCUT2D eigenvalue weighted by molar-refractivity contribution is 0.618. The molecule has 2 aromatic rings. The Morgan fingerprint density at radius 1 is 1.17 bits per heavy atom. The normalized spacial score (nSPS) is 10.6. The van der Waals surface area contributed by atoms with Crippen LogP contribution in [0.25, 0.3) is 0 Å². The minimum Gasteiger partial charge on any atom is -0.398 e. The molecule has 0 aliphatic rings. The number of aryl methyl sites for hydroxylation is 2. The molecule has 94 valence electrons. The molecule has 0 saturated carbocycles. The van der Waals surface area contributed by atoms with E-state index < -0.39 is 0 Å². The van der Waals surface area contributed by atoms with Crippen LogP contribution in [0.3, 0.4) is 0 Å². The molecule has 3 heteroatoms. The number of nitrogens with two attached hydrogens (primary N) is 1. The van der Waals surface area contributed by atoms with Gasteiger partial charge in [0, 0.05) is 16.3 Å². The van der Waals surface area contributed by atoms with Gasteiger partial charge >= 0.3 is 0 Å². The van der Waals surface area contributed by atoms with E-state index in [9.17, 15) is 4.39 Å². The summed E-state index contributed by atoms with van der Waals surface area (Å²) in [5, 5.41) is 0. The number of rotatable bonds is 3. The molecule has 0 aliphatic heterocycles. The molecule has 0 saturated heterocycles. The molecule has 0 heterocycles. The molecule has 18 heavy (non-hydrogen) atoms. The highest BCUT2D eigenvalue weighted by Gasteiger charge is 2.05. The largest absolute Gasteiger partial charge is 0.398 e. The van der Waals surface area contributed by atoms with E-state index in [1.165, 1.54) is 17.2 Å². The highest BCUT2D eigenvalue weighted by molar-refractivity contribution is 7.98. The maximum Gasteiger partial charge on any atom is 0.128 e. The molecule has 0 unspecified atom stereocenters. The highest BCUT2D eigenvalue weighted by Crippen LogP contribution is 2.30. The summed E-state index contributed by atoms with van der Waals surface area (Å²) >= 11 is 1.64. The second-order valence-electron chi connectivity index (χ2n) is 4.42. The minimum absolute atomic E-state index is 0.243. The third-order valence-electron chi connectivity index (χ3n) is 2.77. The van der Waals surface area contributed by atoms with E-state index in [4.69, 9.17) is 5.73 Å².